The van der Waals surface area contributed by atoms with Crippen molar-refractivity contribution in [3.05, 3.63) is 58.0 Å². The highest BCUT2D eigenvalue weighted by Gasteiger charge is 2.14. The van der Waals surface area contributed by atoms with E-state index in [2.05, 4.69) is 10.6 Å². The fourth-order valence-corrected chi connectivity index (χ4v) is 3.48. The van der Waals surface area contributed by atoms with Crippen molar-refractivity contribution < 1.29 is 9.59 Å². The van der Waals surface area contributed by atoms with Crippen LogP contribution in [-0.2, 0) is 22.7 Å². The van der Waals surface area contributed by atoms with Crippen molar-refractivity contribution in [1.82, 2.24) is 9.13 Å². The second kappa shape index (κ2) is 8.96. The summed E-state index contributed by atoms with van der Waals surface area (Å²) in [5.41, 5.74) is 2.58. The fraction of sp³-hybridized carbons (Fsp3) is 0.286. The number of fused-ring (bicyclic) bond motifs is 1. The zero-order valence-electron chi connectivity index (χ0n) is 16.4. The summed E-state index contributed by atoms with van der Waals surface area (Å²) in [6.45, 7) is 4.33. The van der Waals surface area contributed by atoms with Gasteiger partial charge >= 0.3 is 5.69 Å². The van der Waals surface area contributed by atoms with E-state index in [1.54, 1.807) is 27.3 Å². The van der Waals surface area contributed by atoms with Crippen molar-refractivity contribution in [2.45, 2.75) is 39.8 Å². The van der Waals surface area contributed by atoms with Gasteiger partial charge < -0.3 is 10.6 Å². The van der Waals surface area contributed by atoms with Gasteiger partial charge in [-0.05, 0) is 36.8 Å². The molecule has 0 fully saturated rings. The van der Waals surface area contributed by atoms with Crippen LogP contribution in [0.3, 0.4) is 0 Å². The summed E-state index contributed by atoms with van der Waals surface area (Å²) < 4.78 is 3.37. The predicted octanol–water partition coefficient (Wildman–Crippen LogP) is 3.85. The fourth-order valence-electron chi connectivity index (χ4n) is 3.25. The van der Waals surface area contributed by atoms with E-state index in [4.69, 9.17) is 11.6 Å². The third kappa shape index (κ3) is 4.68. The van der Waals surface area contributed by atoms with Gasteiger partial charge in [0, 0.05) is 32.1 Å². The van der Waals surface area contributed by atoms with Gasteiger partial charge in [0.05, 0.1) is 21.7 Å². The molecule has 0 atom stereocenters. The normalized spacial score (nSPS) is 10.9. The molecule has 3 rings (SSSR count). The Hall–Kier alpha value is -3.06. The van der Waals surface area contributed by atoms with E-state index in [-0.39, 0.29) is 30.5 Å². The summed E-state index contributed by atoms with van der Waals surface area (Å²) in [6, 6.07) is 12.4. The number of anilines is 2. The number of benzene rings is 2. The quantitative estimate of drug-likeness (QED) is 0.615. The number of para-hydroxylation sites is 2. The van der Waals surface area contributed by atoms with Gasteiger partial charge in [-0.15, -0.1) is 0 Å². The number of carbonyl (C=O) groups is 2. The van der Waals surface area contributed by atoms with Crippen molar-refractivity contribution in [3.8, 4) is 0 Å². The lowest BCUT2D eigenvalue weighted by Gasteiger charge is -2.10. The van der Waals surface area contributed by atoms with Crippen LogP contribution in [0.1, 0.15) is 26.7 Å². The zero-order chi connectivity index (χ0) is 21.0. The van der Waals surface area contributed by atoms with Crippen molar-refractivity contribution in [3.63, 3.8) is 0 Å². The van der Waals surface area contributed by atoms with Crippen LogP contribution in [-0.4, -0.2) is 20.9 Å². The number of imidazole rings is 1. The summed E-state index contributed by atoms with van der Waals surface area (Å²) >= 11 is 6.19. The number of carbonyl (C=O) groups excluding carboxylic acids is 2. The lowest BCUT2D eigenvalue weighted by molar-refractivity contribution is -0.116. The highest BCUT2D eigenvalue weighted by atomic mass is 35.5. The third-order valence-electron chi connectivity index (χ3n) is 4.50. The summed E-state index contributed by atoms with van der Waals surface area (Å²) in [6.07, 6.45) is 0.977. The van der Waals surface area contributed by atoms with E-state index >= 15 is 0 Å². The molecule has 0 aliphatic heterocycles. The first-order chi connectivity index (χ1) is 13.9. The molecule has 2 N–H and O–H groups in total. The van der Waals surface area contributed by atoms with Crippen LogP contribution >= 0.6 is 11.6 Å². The van der Waals surface area contributed by atoms with Gasteiger partial charge in [0.25, 0.3) is 0 Å². The molecule has 152 valence electrons. The standard InChI is InChI=1S/C21H23ClN4O3/c1-3-11-25-18-6-4-5-7-19(18)26(21(25)29)12-10-20(28)24-17-9-8-15(13-16(17)22)23-14(2)27/h4-9,13H,3,10-12H2,1-2H3,(H,23,27)(H,24,28). The molecule has 0 saturated heterocycles. The predicted molar refractivity (Wildman–Crippen MR) is 115 cm³/mol. The Balaban J connectivity index is 1.72. The van der Waals surface area contributed by atoms with Crippen LogP contribution in [0.25, 0.3) is 11.0 Å². The molecule has 0 saturated carbocycles. The number of aryl methyl sites for hydroxylation is 2. The Morgan fingerprint density at radius 3 is 2.24 bits per heavy atom. The third-order valence-corrected chi connectivity index (χ3v) is 4.81. The monoisotopic (exact) mass is 414 g/mol. The van der Waals surface area contributed by atoms with Crippen LogP contribution in [0, 0.1) is 0 Å². The topological polar surface area (TPSA) is 85.1 Å². The molecule has 1 aromatic heterocycles. The Bertz CT molecular complexity index is 1120. The molecule has 7 nitrogen and oxygen atoms in total. The van der Waals surface area contributed by atoms with Crippen molar-refractivity contribution in [1.29, 1.82) is 0 Å². The minimum Gasteiger partial charge on any atom is -0.326 e. The number of amides is 2. The molecular weight excluding hydrogens is 392 g/mol. The molecule has 0 aliphatic carbocycles. The Kier molecular flexibility index (Phi) is 6.39. The molecule has 0 radical (unpaired) electrons. The smallest absolute Gasteiger partial charge is 0.326 e. The number of halogens is 1. The van der Waals surface area contributed by atoms with Gasteiger partial charge in [0.15, 0.2) is 0 Å². The Morgan fingerprint density at radius 1 is 1.00 bits per heavy atom. The average molecular weight is 415 g/mol. The van der Waals surface area contributed by atoms with Gasteiger partial charge in [-0.2, -0.15) is 0 Å². The minimum absolute atomic E-state index is 0.112. The van der Waals surface area contributed by atoms with Gasteiger partial charge in [0.2, 0.25) is 11.8 Å². The van der Waals surface area contributed by atoms with Crippen molar-refractivity contribution in [2.75, 3.05) is 10.6 Å². The van der Waals surface area contributed by atoms with Crippen LogP contribution in [0.15, 0.2) is 47.3 Å². The zero-order valence-corrected chi connectivity index (χ0v) is 17.1. The van der Waals surface area contributed by atoms with Gasteiger partial charge in [-0.25, -0.2) is 4.79 Å². The second-order valence-corrected chi connectivity index (χ2v) is 7.16. The highest BCUT2D eigenvalue weighted by Crippen LogP contribution is 2.25. The lowest BCUT2D eigenvalue weighted by atomic mass is 10.2. The number of nitrogens with zero attached hydrogens (tertiary/aromatic N) is 2. The lowest BCUT2D eigenvalue weighted by Crippen LogP contribution is -2.26. The highest BCUT2D eigenvalue weighted by molar-refractivity contribution is 6.34. The molecule has 0 bridgehead atoms. The average Bonchev–Trinajstić information content (AvgIpc) is 2.94. The van der Waals surface area contributed by atoms with Crippen molar-refractivity contribution in [2.24, 2.45) is 0 Å². The van der Waals surface area contributed by atoms with E-state index in [1.807, 2.05) is 31.2 Å². The first-order valence-corrected chi connectivity index (χ1v) is 9.83. The Morgan fingerprint density at radius 2 is 1.66 bits per heavy atom. The molecule has 2 aromatic carbocycles. The van der Waals surface area contributed by atoms with Gasteiger partial charge in [-0.1, -0.05) is 30.7 Å². The number of aromatic nitrogens is 2. The van der Waals surface area contributed by atoms with Gasteiger partial charge in [0.1, 0.15) is 0 Å². The molecule has 2 amide bonds. The van der Waals surface area contributed by atoms with Crippen molar-refractivity contribution >= 4 is 45.8 Å². The molecular formula is C21H23ClN4O3. The summed E-state index contributed by atoms with van der Waals surface area (Å²) in [4.78, 5) is 36.3. The van der Waals surface area contributed by atoms with E-state index in [0.29, 0.717) is 22.9 Å². The molecule has 1 heterocycles. The van der Waals surface area contributed by atoms with Crippen LogP contribution < -0.4 is 16.3 Å². The molecule has 3 aromatic rings. The second-order valence-electron chi connectivity index (χ2n) is 6.75. The SMILES string of the molecule is CCCn1c(=O)n(CCC(=O)Nc2ccc(NC(C)=O)cc2Cl)c2ccccc21. The summed E-state index contributed by atoms with van der Waals surface area (Å²) in [5.74, 6) is -0.455. The van der Waals surface area contributed by atoms with Crippen LogP contribution in [0.2, 0.25) is 5.02 Å². The van der Waals surface area contributed by atoms with Gasteiger partial charge in [-0.3, -0.25) is 18.7 Å². The number of rotatable bonds is 7. The van der Waals surface area contributed by atoms with E-state index in [0.717, 1.165) is 17.5 Å². The first kappa shape index (κ1) is 20.7. The molecule has 8 heteroatoms. The number of nitrogens with one attached hydrogen (secondary N) is 2. The van der Waals surface area contributed by atoms with Crippen LogP contribution in [0.5, 0.6) is 0 Å². The van der Waals surface area contributed by atoms with E-state index in [1.165, 1.54) is 6.92 Å². The summed E-state index contributed by atoms with van der Waals surface area (Å²) in [7, 11) is 0. The van der Waals surface area contributed by atoms with E-state index in [9.17, 15) is 14.4 Å². The molecule has 0 aliphatic rings. The molecule has 0 unspecified atom stereocenters. The maximum atomic E-state index is 12.8. The Labute approximate surface area is 173 Å². The number of hydrogen-bond acceptors (Lipinski definition) is 3. The maximum Gasteiger partial charge on any atom is 0.329 e. The van der Waals surface area contributed by atoms with E-state index < -0.39 is 0 Å². The summed E-state index contributed by atoms with van der Waals surface area (Å²) in [5, 5.41) is 5.71. The maximum absolute atomic E-state index is 12.8. The molecule has 29 heavy (non-hydrogen) atoms. The molecule has 0 spiro atoms. The minimum atomic E-state index is -0.251. The largest absolute Gasteiger partial charge is 0.329 e. The number of hydrogen-bond donors (Lipinski definition) is 2. The van der Waals surface area contributed by atoms with Crippen LogP contribution in [0.4, 0.5) is 11.4 Å². The first-order valence-electron chi connectivity index (χ1n) is 9.45.